The number of amides is 2. The number of nitrogens with two attached hydrogens (primary N) is 1. The summed E-state index contributed by atoms with van der Waals surface area (Å²) >= 11 is 1.52. The summed E-state index contributed by atoms with van der Waals surface area (Å²) in [6, 6.07) is 7.29. The number of nitrogens with one attached hydrogen (secondary N) is 2. The van der Waals surface area contributed by atoms with E-state index in [9.17, 15) is 9.59 Å². The van der Waals surface area contributed by atoms with Crippen LogP contribution >= 0.6 is 11.3 Å². The van der Waals surface area contributed by atoms with Crippen molar-refractivity contribution in [2.45, 2.75) is 26.2 Å². The first-order chi connectivity index (χ1) is 13.6. The molecule has 1 aromatic carbocycles. The summed E-state index contributed by atoms with van der Waals surface area (Å²) in [5.41, 5.74) is 2.37. The molecule has 6 nitrogen and oxygen atoms in total. The van der Waals surface area contributed by atoms with E-state index in [0.29, 0.717) is 35.9 Å². The van der Waals surface area contributed by atoms with Gasteiger partial charge in [0.05, 0.1) is 18.7 Å². The Labute approximate surface area is 169 Å². The highest BCUT2D eigenvalue weighted by Gasteiger charge is 2.27. The highest BCUT2D eigenvalue weighted by Crippen LogP contribution is 2.39. The third-order valence-corrected chi connectivity index (χ3v) is 5.69. The van der Waals surface area contributed by atoms with Crippen molar-refractivity contribution < 1.29 is 19.6 Å². The third-order valence-electron chi connectivity index (χ3n) is 4.49. The molecule has 1 aliphatic rings. The van der Waals surface area contributed by atoms with Crippen LogP contribution in [0.2, 0.25) is 0 Å². The first-order valence-corrected chi connectivity index (χ1v) is 10.3. The van der Waals surface area contributed by atoms with E-state index in [1.807, 2.05) is 36.5 Å². The topological polar surface area (TPSA) is 84.0 Å². The SMILES string of the molecule is C=CC[NH2+]CC(=O)Nc1sc2c(c1C(=O)Nc1ccc(OCC)cc1)CCC2. The molecule has 0 fully saturated rings. The molecule has 28 heavy (non-hydrogen) atoms. The Morgan fingerprint density at radius 2 is 2.04 bits per heavy atom. The number of anilines is 2. The zero-order valence-electron chi connectivity index (χ0n) is 16.0. The molecule has 0 aliphatic heterocycles. The van der Waals surface area contributed by atoms with Crippen molar-refractivity contribution in [3.8, 4) is 5.75 Å². The lowest BCUT2D eigenvalue weighted by Crippen LogP contribution is -2.86. The minimum absolute atomic E-state index is 0.114. The van der Waals surface area contributed by atoms with Crippen LogP contribution in [0.5, 0.6) is 5.75 Å². The lowest BCUT2D eigenvalue weighted by atomic mass is 10.1. The van der Waals surface area contributed by atoms with E-state index in [4.69, 9.17) is 4.74 Å². The van der Waals surface area contributed by atoms with Gasteiger partial charge in [-0.1, -0.05) is 6.58 Å². The number of fused-ring (bicyclic) bond motifs is 1. The summed E-state index contributed by atoms with van der Waals surface area (Å²) in [5.74, 6) is 0.464. The van der Waals surface area contributed by atoms with Crippen molar-refractivity contribution in [3.63, 3.8) is 0 Å². The summed E-state index contributed by atoms with van der Waals surface area (Å²) in [4.78, 5) is 26.4. The molecule has 2 amide bonds. The molecule has 7 heteroatoms. The van der Waals surface area contributed by atoms with Crippen molar-refractivity contribution in [2.75, 3.05) is 30.3 Å². The Balaban J connectivity index is 1.75. The molecule has 148 valence electrons. The minimum atomic E-state index is -0.186. The monoisotopic (exact) mass is 400 g/mol. The Morgan fingerprint density at radius 3 is 2.75 bits per heavy atom. The standard InChI is InChI=1S/C21H25N3O3S/c1-3-12-22-13-18(25)24-21-19(16-6-5-7-17(16)28-21)20(26)23-14-8-10-15(11-9-14)27-4-2/h3,8-11,22H,1,4-7,12-13H2,2H3,(H,23,26)(H,24,25)/p+1. The van der Waals surface area contributed by atoms with Gasteiger partial charge in [-0.25, -0.2) is 0 Å². The Morgan fingerprint density at radius 1 is 1.25 bits per heavy atom. The van der Waals surface area contributed by atoms with Gasteiger partial charge in [0.1, 0.15) is 10.8 Å². The third kappa shape index (κ3) is 4.79. The first kappa shape index (κ1) is 20.1. The number of ether oxygens (including phenoxy) is 1. The quantitative estimate of drug-likeness (QED) is 0.447. The summed E-state index contributed by atoms with van der Waals surface area (Å²) in [5, 5.41) is 8.38. The lowest BCUT2D eigenvalue weighted by Gasteiger charge is -2.10. The summed E-state index contributed by atoms with van der Waals surface area (Å²) < 4.78 is 5.43. The van der Waals surface area contributed by atoms with Gasteiger partial charge >= 0.3 is 0 Å². The van der Waals surface area contributed by atoms with E-state index < -0.39 is 0 Å². The molecule has 1 aliphatic carbocycles. The van der Waals surface area contributed by atoms with E-state index in [0.717, 1.165) is 30.6 Å². The van der Waals surface area contributed by atoms with E-state index in [2.05, 4.69) is 17.2 Å². The number of aryl methyl sites for hydroxylation is 1. The molecular formula is C21H26N3O3S+. The van der Waals surface area contributed by atoms with E-state index in [1.54, 1.807) is 6.08 Å². The molecule has 2 aromatic rings. The van der Waals surface area contributed by atoms with Crippen LogP contribution in [0.25, 0.3) is 0 Å². The van der Waals surface area contributed by atoms with Gasteiger partial charge in [-0.3, -0.25) is 9.59 Å². The molecule has 0 unspecified atom stereocenters. The number of benzene rings is 1. The predicted molar refractivity (Wildman–Crippen MR) is 112 cm³/mol. The highest BCUT2D eigenvalue weighted by molar-refractivity contribution is 7.17. The van der Waals surface area contributed by atoms with Gasteiger partial charge < -0.3 is 20.7 Å². The van der Waals surface area contributed by atoms with Gasteiger partial charge in [0.2, 0.25) is 0 Å². The maximum absolute atomic E-state index is 13.0. The van der Waals surface area contributed by atoms with Crippen molar-refractivity contribution >= 4 is 33.8 Å². The number of quaternary nitrogens is 1. The fourth-order valence-corrected chi connectivity index (χ4v) is 4.54. The number of hydrogen-bond acceptors (Lipinski definition) is 4. The average Bonchev–Trinajstić information content (AvgIpc) is 3.24. The molecular weight excluding hydrogens is 374 g/mol. The molecule has 3 rings (SSSR count). The number of carbonyl (C=O) groups excluding carboxylic acids is 2. The normalized spacial score (nSPS) is 12.3. The van der Waals surface area contributed by atoms with Gasteiger partial charge in [-0.2, -0.15) is 0 Å². The molecule has 4 N–H and O–H groups in total. The molecule has 0 bridgehead atoms. The molecule has 0 saturated heterocycles. The van der Waals surface area contributed by atoms with E-state index >= 15 is 0 Å². The van der Waals surface area contributed by atoms with Crippen LogP contribution in [0.1, 0.15) is 34.1 Å². The number of thiophene rings is 1. The second kappa shape index (κ2) is 9.52. The minimum Gasteiger partial charge on any atom is -0.494 e. The molecule has 0 saturated carbocycles. The number of hydrogen-bond donors (Lipinski definition) is 3. The molecule has 0 atom stereocenters. The Kier molecular flexibility index (Phi) is 6.84. The molecule has 0 radical (unpaired) electrons. The highest BCUT2D eigenvalue weighted by atomic mass is 32.1. The second-order valence-corrected chi connectivity index (χ2v) is 7.64. The summed E-state index contributed by atoms with van der Waals surface area (Å²) in [6.07, 6.45) is 4.63. The molecule has 1 aromatic heterocycles. The van der Waals surface area contributed by atoms with Crippen molar-refractivity contribution in [3.05, 3.63) is 52.9 Å². The first-order valence-electron chi connectivity index (χ1n) is 9.53. The zero-order chi connectivity index (χ0) is 19.9. The maximum Gasteiger partial charge on any atom is 0.280 e. The number of rotatable bonds is 9. The Bertz CT molecular complexity index is 859. The van der Waals surface area contributed by atoms with Crippen molar-refractivity contribution in [1.29, 1.82) is 0 Å². The van der Waals surface area contributed by atoms with Gasteiger partial charge in [-0.05, 0) is 62.1 Å². The maximum atomic E-state index is 13.0. The van der Waals surface area contributed by atoms with Gasteiger partial charge in [0.15, 0.2) is 6.54 Å². The van der Waals surface area contributed by atoms with Crippen LogP contribution in [-0.4, -0.2) is 31.5 Å². The summed E-state index contributed by atoms with van der Waals surface area (Å²) in [6.45, 7) is 7.15. The van der Waals surface area contributed by atoms with E-state index in [1.165, 1.54) is 16.2 Å². The summed E-state index contributed by atoms with van der Waals surface area (Å²) in [7, 11) is 0. The van der Waals surface area contributed by atoms with Gasteiger partial charge in [0.25, 0.3) is 11.8 Å². The smallest absolute Gasteiger partial charge is 0.280 e. The second-order valence-electron chi connectivity index (χ2n) is 6.54. The van der Waals surface area contributed by atoms with Crippen molar-refractivity contribution in [2.24, 2.45) is 0 Å². The fourth-order valence-electron chi connectivity index (χ4n) is 3.24. The van der Waals surface area contributed by atoms with E-state index in [-0.39, 0.29) is 11.8 Å². The molecule has 0 spiro atoms. The average molecular weight is 401 g/mol. The molecule has 1 heterocycles. The zero-order valence-corrected chi connectivity index (χ0v) is 16.9. The largest absolute Gasteiger partial charge is 0.494 e. The van der Waals surface area contributed by atoms with Crippen LogP contribution in [0.3, 0.4) is 0 Å². The number of carbonyl (C=O) groups is 2. The van der Waals surface area contributed by atoms with Gasteiger partial charge in [-0.15, -0.1) is 11.3 Å². The van der Waals surface area contributed by atoms with Crippen LogP contribution in [-0.2, 0) is 17.6 Å². The van der Waals surface area contributed by atoms with Crippen LogP contribution < -0.4 is 20.7 Å². The van der Waals surface area contributed by atoms with Gasteiger partial charge in [0, 0.05) is 10.6 Å². The Hall–Kier alpha value is -2.64. The fraction of sp³-hybridized carbons (Fsp3) is 0.333. The van der Waals surface area contributed by atoms with Crippen molar-refractivity contribution in [1.82, 2.24) is 0 Å². The van der Waals surface area contributed by atoms with Crippen LogP contribution in [0.15, 0.2) is 36.9 Å². The van der Waals surface area contributed by atoms with Crippen LogP contribution in [0.4, 0.5) is 10.7 Å². The van der Waals surface area contributed by atoms with Crippen LogP contribution in [0, 0.1) is 0 Å². The lowest BCUT2D eigenvalue weighted by molar-refractivity contribution is -0.634. The predicted octanol–water partition coefficient (Wildman–Crippen LogP) is 2.58.